The van der Waals surface area contributed by atoms with Crippen molar-refractivity contribution < 1.29 is 19.1 Å². The number of carbonyl (C=O) groups excluding carboxylic acids is 3. The molecule has 1 atom stereocenters. The molecule has 8 heteroatoms. The highest BCUT2D eigenvalue weighted by Crippen LogP contribution is 2.29. The number of hydrogen-bond donors (Lipinski definition) is 1. The Kier molecular flexibility index (Phi) is 5.94. The summed E-state index contributed by atoms with van der Waals surface area (Å²) in [7, 11) is 0. The lowest BCUT2D eigenvalue weighted by atomic mass is 9.99. The number of hydrogen-bond acceptors (Lipinski definition) is 5. The fourth-order valence-electron chi connectivity index (χ4n) is 4.20. The summed E-state index contributed by atoms with van der Waals surface area (Å²) in [4.78, 5) is 44.2. The van der Waals surface area contributed by atoms with Crippen molar-refractivity contribution >= 4 is 28.6 Å². The number of nitrogens with zero attached hydrogens (tertiary/aromatic N) is 3. The first-order valence-corrected chi connectivity index (χ1v) is 10.4. The van der Waals surface area contributed by atoms with Gasteiger partial charge in [0.1, 0.15) is 6.61 Å². The molecule has 1 aromatic heterocycles. The molecule has 1 unspecified atom stereocenters. The van der Waals surface area contributed by atoms with E-state index in [-0.39, 0.29) is 24.3 Å². The molecule has 2 N–H and O–H groups in total. The number of primary amides is 1. The van der Waals surface area contributed by atoms with Crippen molar-refractivity contribution in [3.63, 3.8) is 0 Å². The molecule has 3 heterocycles. The second kappa shape index (κ2) is 8.79. The predicted octanol–water partition coefficient (Wildman–Crippen LogP) is 1.29. The van der Waals surface area contributed by atoms with E-state index in [1.807, 2.05) is 24.3 Å². The number of likely N-dealkylation sites (tertiary alicyclic amines) is 2. The van der Waals surface area contributed by atoms with Gasteiger partial charge in [0, 0.05) is 49.6 Å². The molecular weight excluding hydrogens is 384 g/mol. The van der Waals surface area contributed by atoms with Crippen LogP contribution in [-0.2, 0) is 14.3 Å². The summed E-state index contributed by atoms with van der Waals surface area (Å²) in [5.74, 6) is -0.337. The van der Waals surface area contributed by atoms with Crippen molar-refractivity contribution in [2.75, 3.05) is 39.4 Å². The summed E-state index contributed by atoms with van der Waals surface area (Å²) in [5.41, 5.74) is 7.54. The molecule has 0 bridgehead atoms. The molecule has 0 aliphatic carbocycles. The minimum atomic E-state index is -0.481. The molecule has 3 amide bonds. The summed E-state index contributed by atoms with van der Waals surface area (Å²) in [6.07, 6.45) is 2.28. The van der Waals surface area contributed by atoms with Crippen LogP contribution in [-0.4, -0.2) is 71.9 Å². The summed E-state index contributed by atoms with van der Waals surface area (Å²) in [5, 5.41) is 0.740. The van der Waals surface area contributed by atoms with Crippen LogP contribution in [0.5, 0.6) is 0 Å². The van der Waals surface area contributed by atoms with Crippen LogP contribution in [0.2, 0.25) is 0 Å². The van der Waals surface area contributed by atoms with Gasteiger partial charge in [-0.25, -0.2) is 0 Å². The number of benzene rings is 1. The highest BCUT2D eigenvalue weighted by Gasteiger charge is 2.29. The van der Waals surface area contributed by atoms with Crippen LogP contribution in [0.3, 0.4) is 0 Å². The molecule has 8 nitrogen and oxygen atoms in total. The maximum atomic E-state index is 12.5. The van der Waals surface area contributed by atoms with Gasteiger partial charge in [0.2, 0.25) is 17.7 Å². The van der Waals surface area contributed by atoms with Crippen molar-refractivity contribution in [3.05, 3.63) is 41.6 Å². The van der Waals surface area contributed by atoms with Crippen LogP contribution < -0.4 is 5.73 Å². The number of para-hydroxylation sites is 1. The van der Waals surface area contributed by atoms with Gasteiger partial charge in [0.25, 0.3) is 0 Å². The number of nitrogens with two attached hydrogens (primary N) is 1. The number of ether oxygens (including phenoxy) is 1. The van der Waals surface area contributed by atoms with E-state index in [4.69, 9.17) is 15.5 Å². The van der Waals surface area contributed by atoms with Crippen LogP contribution in [0.1, 0.15) is 41.2 Å². The molecule has 0 radical (unpaired) electrons. The fourth-order valence-corrected chi connectivity index (χ4v) is 4.20. The summed E-state index contributed by atoms with van der Waals surface area (Å²) in [6, 6.07) is 9.19. The monoisotopic (exact) mass is 410 g/mol. The Balaban J connectivity index is 1.34. The van der Waals surface area contributed by atoms with E-state index < -0.39 is 5.91 Å². The molecule has 1 aromatic carbocycles. The maximum absolute atomic E-state index is 12.5. The Hall–Kier alpha value is -3.00. The first-order chi connectivity index (χ1) is 14.5. The van der Waals surface area contributed by atoms with E-state index in [1.165, 1.54) is 0 Å². The number of aromatic nitrogens is 1. The molecule has 158 valence electrons. The summed E-state index contributed by atoms with van der Waals surface area (Å²) >= 11 is 0. The first-order valence-electron chi connectivity index (χ1n) is 10.4. The topological polar surface area (TPSA) is 106 Å². The predicted molar refractivity (Wildman–Crippen MR) is 111 cm³/mol. The number of amides is 3. The molecular formula is C22H26N4O4. The van der Waals surface area contributed by atoms with Crippen LogP contribution in [0.25, 0.3) is 10.9 Å². The lowest BCUT2D eigenvalue weighted by Gasteiger charge is -2.18. The fraction of sp³-hybridized carbons (Fsp3) is 0.455. The number of fused-ring (bicyclic) bond motifs is 1. The van der Waals surface area contributed by atoms with Crippen molar-refractivity contribution in [3.8, 4) is 0 Å². The van der Waals surface area contributed by atoms with E-state index >= 15 is 0 Å². The van der Waals surface area contributed by atoms with Gasteiger partial charge in [-0.2, -0.15) is 0 Å². The van der Waals surface area contributed by atoms with Crippen molar-refractivity contribution in [1.82, 2.24) is 14.8 Å². The molecule has 2 fully saturated rings. The summed E-state index contributed by atoms with van der Waals surface area (Å²) in [6.45, 7) is 2.84. The van der Waals surface area contributed by atoms with Crippen LogP contribution in [0, 0.1) is 0 Å². The van der Waals surface area contributed by atoms with Gasteiger partial charge in [-0.05, 0) is 25.0 Å². The molecule has 30 heavy (non-hydrogen) atoms. The summed E-state index contributed by atoms with van der Waals surface area (Å²) < 4.78 is 5.51. The van der Waals surface area contributed by atoms with Gasteiger partial charge in [-0.3, -0.25) is 19.4 Å². The van der Waals surface area contributed by atoms with Gasteiger partial charge >= 0.3 is 0 Å². The third-order valence-corrected chi connectivity index (χ3v) is 5.86. The zero-order chi connectivity index (χ0) is 21.1. The lowest BCUT2D eigenvalue weighted by molar-refractivity contribution is -0.135. The van der Waals surface area contributed by atoms with Crippen LogP contribution >= 0.6 is 0 Å². The van der Waals surface area contributed by atoms with Gasteiger partial charge in [0.15, 0.2) is 0 Å². The Bertz CT molecular complexity index is 977. The SMILES string of the molecule is NC(=O)c1cc(C2CCN(C(=O)COCCN3CCCC3=O)C2)nc2ccccc12. The minimum absolute atomic E-state index is 0.00638. The molecule has 2 saturated heterocycles. The van der Waals surface area contributed by atoms with E-state index in [0.29, 0.717) is 38.2 Å². The third kappa shape index (κ3) is 4.28. The lowest BCUT2D eigenvalue weighted by Crippen LogP contribution is -2.34. The minimum Gasteiger partial charge on any atom is -0.370 e. The normalized spacial score (nSPS) is 19.1. The molecule has 0 saturated carbocycles. The number of rotatable bonds is 7. The van der Waals surface area contributed by atoms with Crippen LogP contribution in [0.4, 0.5) is 0 Å². The highest BCUT2D eigenvalue weighted by atomic mass is 16.5. The van der Waals surface area contributed by atoms with Crippen molar-refractivity contribution in [2.45, 2.75) is 25.2 Å². The maximum Gasteiger partial charge on any atom is 0.249 e. The highest BCUT2D eigenvalue weighted by molar-refractivity contribution is 6.05. The molecule has 0 spiro atoms. The molecule has 2 aromatic rings. The smallest absolute Gasteiger partial charge is 0.249 e. The Morgan fingerprint density at radius 2 is 2.07 bits per heavy atom. The third-order valence-electron chi connectivity index (χ3n) is 5.86. The van der Waals surface area contributed by atoms with Gasteiger partial charge < -0.3 is 20.3 Å². The zero-order valence-electron chi connectivity index (χ0n) is 16.9. The van der Waals surface area contributed by atoms with Crippen molar-refractivity contribution in [1.29, 1.82) is 0 Å². The molecule has 4 rings (SSSR count). The van der Waals surface area contributed by atoms with E-state index in [1.54, 1.807) is 15.9 Å². The van der Waals surface area contributed by atoms with E-state index in [0.717, 1.165) is 36.0 Å². The van der Waals surface area contributed by atoms with Gasteiger partial charge in [0.05, 0.1) is 17.7 Å². The van der Waals surface area contributed by atoms with Gasteiger partial charge in [-0.1, -0.05) is 18.2 Å². The quantitative estimate of drug-likeness (QED) is 0.693. The molecule has 2 aliphatic heterocycles. The average molecular weight is 410 g/mol. The standard InChI is InChI=1S/C22H26N4O4/c23-22(29)17-12-19(24-18-5-2-1-4-16(17)18)15-7-9-26(13-15)21(28)14-30-11-10-25-8-3-6-20(25)27/h1-2,4-5,12,15H,3,6-11,13-14H2,(H2,23,29). The van der Waals surface area contributed by atoms with Crippen LogP contribution in [0.15, 0.2) is 30.3 Å². The second-order valence-electron chi connectivity index (χ2n) is 7.84. The zero-order valence-corrected chi connectivity index (χ0v) is 16.9. The Labute approximate surface area is 175 Å². The van der Waals surface area contributed by atoms with E-state index in [2.05, 4.69) is 0 Å². The number of carbonyl (C=O) groups is 3. The number of pyridine rings is 1. The molecule has 2 aliphatic rings. The Morgan fingerprint density at radius 1 is 1.23 bits per heavy atom. The first kappa shape index (κ1) is 20.3. The van der Waals surface area contributed by atoms with Crippen molar-refractivity contribution in [2.24, 2.45) is 5.73 Å². The Morgan fingerprint density at radius 3 is 2.83 bits per heavy atom. The van der Waals surface area contributed by atoms with Gasteiger partial charge in [-0.15, -0.1) is 0 Å². The van der Waals surface area contributed by atoms with E-state index in [9.17, 15) is 14.4 Å². The second-order valence-corrected chi connectivity index (χ2v) is 7.84. The average Bonchev–Trinajstić information content (AvgIpc) is 3.39. The largest absolute Gasteiger partial charge is 0.370 e.